The second-order valence-corrected chi connectivity index (χ2v) is 6.69. The lowest BCUT2D eigenvalue weighted by atomic mass is 10.0. The number of piperidine rings is 1. The maximum absolute atomic E-state index is 13.0. The van der Waals surface area contributed by atoms with Crippen LogP contribution < -0.4 is 5.56 Å². The van der Waals surface area contributed by atoms with Gasteiger partial charge < -0.3 is 23.5 Å². The Bertz CT molecular complexity index is 866. The fourth-order valence-corrected chi connectivity index (χ4v) is 3.83. The number of pyridine rings is 1. The maximum atomic E-state index is 13.0. The zero-order valence-corrected chi connectivity index (χ0v) is 14.7. The van der Waals surface area contributed by atoms with E-state index in [4.69, 9.17) is 9.47 Å². The molecule has 2 aliphatic rings. The Morgan fingerprint density at radius 2 is 1.92 bits per heavy atom. The molecule has 2 aromatic rings. The van der Waals surface area contributed by atoms with Crippen LogP contribution in [0.5, 0.6) is 0 Å². The fourth-order valence-electron chi connectivity index (χ4n) is 3.83. The SMILES string of the molecule is CCn1ccc2c(cc(C(=O)N3CCC4(CC3)OCCO4)n2C)c1=O. The van der Waals surface area contributed by atoms with Crippen molar-refractivity contribution in [3.05, 3.63) is 34.4 Å². The number of carbonyl (C=O) groups excluding carboxylic acids is 1. The van der Waals surface area contributed by atoms with Crippen LogP contribution in [0.15, 0.2) is 23.1 Å². The van der Waals surface area contributed by atoms with Gasteiger partial charge in [0.15, 0.2) is 5.79 Å². The molecule has 2 aliphatic heterocycles. The van der Waals surface area contributed by atoms with Crippen LogP contribution in [0.25, 0.3) is 10.9 Å². The Hall–Kier alpha value is -2.12. The first-order chi connectivity index (χ1) is 12.0. The number of amides is 1. The second-order valence-electron chi connectivity index (χ2n) is 6.69. The minimum Gasteiger partial charge on any atom is -0.347 e. The molecule has 134 valence electrons. The molecular weight excluding hydrogens is 322 g/mol. The van der Waals surface area contributed by atoms with Crippen molar-refractivity contribution in [2.45, 2.75) is 32.1 Å². The first kappa shape index (κ1) is 16.4. The van der Waals surface area contributed by atoms with Crippen molar-refractivity contribution >= 4 is 16.8 Å². The Labute approximate surface area is 145 Å². The number of ether oxygens (including phenoxy) is 2. The van der Waals surface area contributed by atoms with Crippen LogP contribution in [0.2, 0.25) is 0 Å². The molecule has 2 saturated heterocycles. The Kier molecular flexibility index (Phi) is 3.92. The zero-order valence-electron chi connectivity index (χ0n) is 14.7. The van der Waals surface area contributed by atoms with Gasteiger partial charge in [-0.05, 0) is 19.1 Å². The van der Waals surface area contributed by atoms with Gasteiger partial charge in [0.1, 0.15) is 5.69 Å². The van der Waals surface area contributed by atoms with Gasteiger partial charge in [-0.15, -0.1) is 0 Å². The van der Waals surface area contributed by atoms with Crippen LogP contribution in [0.3, 0.4) is 0 Å². The number of likely N-dealkylation sites (tertiary alicyclic amines) is 1. The van der Waals surface area contributed by atoms with Crippen LogP contribution in [0, 0.1) is 0 Å². The summed E-state index contributed by atoms with van der Waals surface area (Å²) >= 11 is 0. The number of hydrogen-bond donors (Lipinski definition) is 0. The molecule has 7 nitrogen and oxygen atoms in total. The molecule has 0 atom stereocenters. The number of rotatable bonds is 2. The summed E-state index contributed by atoms with van der Waals surface area (Å²) in [4.78, 5) is 27.3. The molecule has 0 N–H and O–H groups in total. The summed E-state index contributed by atoms with van der Waals surface area (Å²) in [6, 6.07) is 3.61. The predicted octanol–water partition coefficient (Wildman–Crippen LogP) is 1.34. The van der Waals surface area contributed by atoms with Crippen molar-refractivity contribution < 1.29 is 14.3 Å². The highest BCUT2D eigenvalue weighted by atomic mass is 16.7. The standard InChI is InChI=1S/C18H23N3O4/c1-3-20-7-4-14-13(16(20)22)12-15(19(14)2)17(23)21-8-5-18(6-9-21)24-10-11-25-18/h4,7,12H,3,5-6,8-11H2,1-2H3. The molecule has 0 bridgehead atoms. The second kappa shape index (κ2) is 6.00. The van der Waals surface area contributed by atoms with E-state index in [2.05, 4.69) is 0 Å². The molecule has 0 radical (unpaired) electrons. The Morgan fingerprint density at radius 1 is 1.24 bits per heavy atom. The van der Waals surface area contributed by atoms with Crippen molar-refractivity contribution in [3.8, 4) is 0 Å². The number of hydrogen-bond acceptors (Lipinski definition) is 4. The number of carbonyl (C=O) groups is 1. The van der Waals surface area contributed by atoms with Crippen LogP contribution in [0.4, 0.5) is 0 Å². The molecule has 4 rings (SSSR count). The summed E-state index contributed by atoms with van der Waals surface area (Å²) < 4.78 is 14.9. The number of aromatic nitrogens is 2. The minimum absolute atomic E-state index is 0.0472. The first-order valence-electron chi connectivity index (χ1n) is 8.81. The zero-order chi connectivity index (χ0) is 17.6. The fraction of sp³-hybridized carbons (Fsp3) is 0.556. The van der Waals surface area contributed by atoms with Crippen molar-refractivity contribution in [2.75, 3.05) is 26.3 Å². The minimum atomic E-state index is -0.495. The van der Waals surface area contributed by atoms with Gasteiger partial charge >= 0.3 is 0 Å². The van der Waals surface area contributed by atoms with E-state index in [9.17, 15) is 9.59 Å². The monoisotopic (exact) mass is 345 g/mol. The number of nitrogens with zero attached hydrogens (tertiary/aromatic N) is 3. The van der Waals surface area contributed by atoms with Crippen molar-refractivity contribution in [1.29, 1.82) is 0 Å². The molecule has 0 aromatic carbocycles. The van der Waals surface area contributed by atoms with Crippen LogP contribution in [0.1, 0.15) is 30.3 Å². The largest absolute Gasteiger partial charge is 0.347 e. The lowest BCUT2D eigenvalue weighted by molar-refractivity contribution is -0.181. The van der Waals surface area contributed by atoms with Gasteiger partial charge in [0, 0.05) is 45.7 Å². The van der Waals surface area contributed by atoms with Gasteiger partial charge in [-0.2, -0.15) is 0 Å². The first-order valence-corrected chi connectivity index (χ1v) is 8.81. The van der Waals surface area contributed by atoms with Crippen molar-refractivity contribution in [2.24, 2.45) is 7.05 Å². The van der Waals surface area contributed by atoms with Crippen LogP contribution >= 0.6 is 0 Å². The Morgan fingerprint density at radius 3 is 2.56 bits per heavy atom. The third kappa shape index (κ3) is 2.58. The summed E-state index contributed by atoms with van der Waals surface area (Å²) in [6.45, 7) is 4.99. The highest BCUT2D eigenvalue weighted by Crippen LogP contribution is 2.32. The highest BCUT2D eigenvalue weighted by molar-refractivity contribution is 5.98. The molecular formula is C18H23N3O4. The van der Waals surface area contributed by atoms with Crippen molar-refractivity contribution in [1.82, 2.24) is 14.0 Å². The van der Waals surface area contributed by atoms with Gasteiger partial charge in [0.05, 0.1) is 24.1 Å². The third-order valence-electron chi connectivity index (χ3n) is 5.37. The summed E-state index contributed by atoms with van der Waals surface area (Å²) in [5.74, 6) is -0.543. The van der Waals surface area contributed by atoms with E-state index < -0.39 is 5.79 Å². The van der Waals surface area contributed by atoms with E-state index in [1.165, 1.54) is 0 Å². The smallest absolute Gasteiger partial charge is 0.270 e. The summed E-state index contributed by atoms with van der Waals surface area (Å²) in [5, 5.41) is 0.589. The Balaban J connectivity index is 1.61. The van der Waals surface area contributed by atoms with Gasteiger partial charge in [-0.25, -0.2) is 0 Å². The van der Waals surface area contributed by atoms with Gasteiger partial charge in [-0.3, -0.25) is 9.59 Å². The van der Waals surface area contributed by atoms with Gasteiger partial charge in [-0.1, -0.05) is 0 Å². The summed E-state index contributed by atoms with van der Waals surface area (Å²) in [7, 11) is 1.83. The number of aryl methyl sites for hydroxylation is 2. The van der Waals surface area contributed by atoms with E-state index in [0.717, 1.165) is 5.52 Å². The molecule has 2 aromatic heterocycles. The van der Waals surface area contributed by atoms with Gasteiger partial charge in [0.25, 0.3) is 11.5 Å². The maximum Gasteiger partial charge on any atom is 0.270 e. The molecule has 4 heterocycles. The lowest BCUT2D eigenvalue weighted by Crippen LogP contribution is -2.47. The topological polar surface area (TPSA) is 65.7 Å². The molecule has 2 fully saturated rings. The predicted molar refractivity (Wildman–Crippen MR) is 92.6 cm³/mol. The quantitative estimate of drug-likeness (QED) is 0.824. The molecule has 25 heavy (non-hydrogen) atoms. The normalized spacial score (nSPS) is 19.8. The van der Waals surface area contributed by atoms with E-state index in [1.54, 1.807) is 16.8 Å². The van der Waals surface area contributed by atoms with Gasteiger partial charge in [0.2, 0.25) is 0 Å². The van der Waals surface area contributed by atoms with E-state index >= 15 is 0 Å². The molecule has 1 amide bonds. The highest BCUT2D eigenvalue weighted by Gasteiger charge is 2.41. The lowest BCUT2D eigenvalue weighted by Gasteiger charge is -2.37. The summed E-state index contributed by atoms with van der Waals surface area (Å²) in [5.41, 5.74) is 1.28. The van der Waals surface area contributed by atoms with E-state index in [-0.39, 0.29) is 11.5 Å². The molecule has 7 heteroatoms. The van der Waals surface area contributed by atoms with Crippen molar-refractivity contribution in [3.63, 3.8) is 0 Å². The van der Waals surface area contributed by atoms with E-state index in [0.29, 0.717) is 56.8 Å². The molecule has 0 aliphatic carbocycles. The average molecular weight is 345 g/mol. The molecule has 0 unspecified atom stereocenters. The van der Waals surface area contributed by atoms with E-state index in [1.807, 2.05) is 29.5 Å². The van der Waals surface area contributed by atoms with Crippen LogP contribution in [-0.2, 0) is 23.1 Å². The number of fused-ring (bicyclic) bond motifs is 1. The average Bonchev–Trinajstić information content (AvgIpc) is 3.21. The molecule has 1 spiro atoms. The molecule has 0 saturated carbocycles. The summed E-state index contributed by atoms with van der Waals surface area (Å²) in [6.07, 6.45) is 3.15. The third-order valence-corrected chi connectivity index (χ3v) is 5.37. The van der Waals surface area contributed by atoms with Crippen LogP contribution in [-0.4, -0.2) is 52.0 Å².